The second kappa shape index (κ2) is 8.60. The molecule has 0 radical (unpaired) electrons. The van der Waals surface area contributed by atoms with Gasteiger partial charge in [0, 0.05) is 11.8 Å². The van der Waals surface area contributed by atoms with Crippen molar-refractivity contribution in [1.29, 1.82) is 0 Å². The lowest BCUT2D eigenvalue weighted by Gasteiger charge is -2.08. The molecule has 0 atom stereocenters. The van der Waals surface area contributed by atoms with Gasteiger partial charge in [0.25, 0.3) is 0 Å². The van der Waals surface area contributed by atoms with Gasteiger partial charge in [-0.3, -0.25) is 0 Å². The van der Waals surface area contributed by atoms with Crippen LogP contribution in [-0.4, -0.2) is 28.3 Å². The van der Waals surface area contributed by atoms with Gasteiger partial charge in [0.05, 0.1) is 5.56 Å². The van der Waals surface area contributed by atoms with Gasteiger partial charge in [0.2, 0.25) is 5.88 Å². The lowest BCUT2D eigenvalue weighted by atomic mass is 10.1. The summed E-state index contributed by atoms with van der Waals surface area (Å²) >= 11 is 0. The van der Waals surface area contributed by atoms with Crippen LogP contribution in [0, 0.1) is 6.92 Å². The fraction of sp³-hybridized carbons (Fsp3) is 0.167. The van der Waals surface area contributed by atoms with Gasteiger partial charge in [0.1, 0.15) is 23.6 Å². The second-order valence-electron chi connectivity index (χ2n) is 4.88. The van der Waals surface area contributed by atoms with E-state index in [2.05, 4.69) is 15.9 Å². The minimum Gasteiger partial charge on any atom is -0.477 e. The van der Waals surface area contributed by atoms with E-state index in [-0.39, 0.29) is 18.1 Å². The zero-order valence-electron chi connectivity index (χ0n) is 14.0. The topological polar surface area (TPSA) is 111 Å². The number of pyridine rings is 1. The summed E-state index contributed by atoms with van der Waals surface area (Å²) in [4.78, 5) is 15.2. The average molecular weight is 341 g/mol. The second-order valence-corrected chi connectivity index (χ2v) is 4.88. The Kier molecular flexibility index (Phi) is 6.25. The molecule has 2 heterocycles. The normalized spacial score (nSPS) is 9.88. The average Bonchev–Trinajstić information content (AvgIpc) is 3.03. The molecule has 0 saturated heterocycles. The van der Waals surface area contributed by atoms with Gasteiger partial charge in [-0.15, -0.1) is 0 Å². The number of aromatic nitrogens is 2. The summed E-state index contributed by atoms with van der Waals surface area (Å²) in [7, 11) is 1.50. The van der Waals surface area contributed by atoms with Crippen molar-refractivity contribution in [3.63, 3.8) is 0 Å². The summed E-state index contributed by atoms with van der Waals surface area (Å²) in [5.41, 5.74) is 6.86. The maximum absolute atomic E-state index is 11.2. The van der Waals surface area contributed by atoms with E-state index in [9.17, 15) is 4.79 Å². The lowest BCUT2D eigenvalue weighted by molar-refractivity contribution is 0.0690. The van der Waals surface area contributed by atoms with Crippen LogP contribution in [0.25, 0.3) is 11.3 Å². The Balaban J connectivity index is 0.00000109. The number of aromatic carboxylic acids is 1. The van der Waals surface area contributed by atoms with Gasteiger partial charge >= 0.3 is 5.97 Å². The van der Waals surface area contributed by atoms with E-state index in [1.165, 1.54) is 19.3 Å². The zero-order valence-corrected chi connectivity index (χ0v) is 14.0. The molecule has 130 valence electrons. The number of carbonyl (C=O) groups is 1. The summed E-state index contributed by atoms with van der Waals surface area (Å²) in [6, 6.07) is 12.6. The largest absolute Gasteiger partial charge is 0.477 e. The molecule has 0 unspecified atom stereocenters. The number of rotatable bonds is 5. The van der Waals surface area contributed by atoms with E-state index >= 15 is 0 Å². The van der Waals surface area contributed by atoms with Crippen LogP contribution < -0.4 is 10.5 Å². The SMILES string of the molecule is CN.Cc1onc(-c2ccccc2)c1COc1ncccc1C(=O)O. The highest BCUT2D eigenvalue weighted by atomic mass is 16.5. The van der Waals surface area contributed by atoms with E-state index in [1.807, 2.05) is 30.3 Å². The molecule has 0 saturated carbocycles. The van der Waals surface area contributed by atoms with Crippen LogP contribution in [0.5, 0.6) is 5.88 Å². The Hall–Kier alpha value is -3.19. The van der Waals surface area contributed by atoms with Crippen molar-refractivity contribution in [2.24, 2.45) is 5.73 Å². The number of nitrogens with two attached hydrogens (primary N) is 1. The van der Waals surface area contributed by atoms with Crippen molar-refractivity contribution in [2.45, 2.75) is 13.5 Å². The Morgan fingerprint density at radius 2 is 1.92 bits per heavy atom. The number of carboxylic acids is 1. The molecule has 1 aromatic carbocycles. The Labute approximate surface area is 145 Å². The third-order valence-corrected chi connectivity index (χ3v) is 3.39. The first-order valence-electron chi connectivity index (χ1n) is 7.56. The van der Waals surface area contributed by atoms with Crippen LogP contribution in [0.2, 0.25) is 0 Å². The van der Waals surface area contributed by atoms with Gasteiger partial charge in [0.15, 0.2) is 0 Å². The van der Waals surface area contributed by atoms with Gasteiger partial charge in [-0.2, -0.15) is 0 Å². The van der Waals surface area contributed by atoms with Crippen LogP contribution in [0.4, 0.5) is 0 Å². The first-order chi connectivity index (χ1) is 12.2. The number of hydrogen-bond donors (Lipinski definition) is 2. The van der Waals surface area contributed by atoms with E-state index in [0.29, 0.717) is 11.5 Å². The van der Waals surface area contributed by atoms with Crippen molar-refractivity contribution >= 4 is 5.97 Å². The summed E-state index contributed by atoms with van der Waals surface area (Å²) in [6.07, 6.45) is 1.49. The van der Waals surface area contributed by atoms with Crippen molar-refractivity contribution in [3.05, 3.63) is 65.5 Å². The molecule has 25 heavy (non-hydrogen) atoms. The predicted molar refractivity (Wildman–Crippen MR) is 92.3 cm³/mol. The molecular weight excluding hydrogens is 322 g/mol. The van der Waals surface area contributed by atoms with Crippen LogP contribution in [-0.2, 0) is 6.61 Å². The highest BCUT2D eigenvalue weighted by molar-refractivity contribution is 5.90. The maximum atomic E-state index is 11.2. The molecule has 0 fully saturated rings. The van der Waals surface area contributed by atoms with Crippen molar-refractivity contribution in [1.82, 2.24) is 10.1 Å². The minimum atomic E-state index is -1.08. The van der Waals surface area contributed by atoms with E-state index in [1.54, 1.807) is 13.0 Å². The number of ether oxygens (including phenoxy) is 1. The summed E-state index contributed by atoms with van der Waals surface area (Å²) in [6.45, 7) is 1.91. The molecule has 0 bridgehead atoms. The van der Waals surface area contributed by atoms with E-state index in [4.69, 9.17) is 14.4 Å². The lowest BCUT2D eigenvalue weighted by Crippen LogP contribution is -2.05. The molecule has 7 nitrogen and oxygen atoms in total. The number of nitrogens with zero attached hydrogens (tertiary/aromatic N) is 2. The molecule has 0 aliphatic rings. The number of hydrogen-bond acceptors (Lipinski definition) is 6. The number of aryl methyl sites for hydroxylation is 1. The van der Waals surface area contributed by atoms with Gasteiger partial charge in [-0.25, -0.2) is 9.78 Å². The first-order valence-corrected chi connectivity index (χ1v) is 7.56. The fourth-order valence-electron chi connectivity index (χ4n) is 2.19. The van der Waals surface area contributed by atoms with E-state index in [0.717, 1.165) is 11.1 Å². The fourth-order valence-corrected chi connectivity index (χ4v) is 2.19. The van der Waals surface area contributed by atoms with Crippen molar-refractivity contribution in [3.8, 4) is 17.1 Å². The van der Waals surface area contributed by atoms with Crippen molar-refractivity contribution < 1.29 is 19.2 Å². The quantitative estimate of drug-likeness (QED) is 0.734. The monoisotopic (exact) mass is 341 g/mol. The molecule has 0 aliphatic carbocycles. The van der Waals surface area contributed by atoms with Gasteiger partial charge in [-0.05, 0) is 26.1 Å². The standard InChI is InChI=1S/C17H14N2O4.CH5N/c1-11-14(15(19-23-11)12-6-3-2-4-7-12)10-22-16-13(17(20)21)8-5-9-18-16;1-2/h2-9H,10H2,1H3,(H,20,21);2H2,1H3. The molecule has 3 N–H and O–H groups in total. The number of benzene rings is 1. The Morgan fingerprint density at radius 3 is 2.60 bits per heavy atom. The van der Waals surface area contributed by atoms with Crippen LogP contribution >= 0.6 is 0 Å². The maximum Gasteiger partial charge on any atom is 0.341 e. The molecule has 0 spiro atoms. The smallest absolute Gasteiger partial charge is 0.341 e. The molecule has 2 aromatic heterocycles. The highest BCUT2D eigenvalue weighted by Gasteiger charge is 2.17. The molecule has 7 heteroatoms. The molecule has 0 amide bonds. The van der Waals surface area contributed by atoms with E-state index < -0.39 is 5.97 Å². The predicted octanol–water partition coefficient (Wildman–Crippen LogP) is 2.90. The van der Waals surface area contributed by atoms with Crippen molar-refractivity contribution in [2.75, 3.05) is 7.05 Å². The minimum absolute atomic E-state index is 0.0165. The molecule has 3 aromatic rings. The number of carboxylic acid groups (broad SMARTS) is 1. The van der Waals surface area contributed by atoms with Crippen LogP contribution in [0.3, 0.4) is 0 Å². The summed E-state index contributed by atoms with van der Waals surface area (Å²) < 4.78 is 10.8. The molecule has 0 aliphatic heterocycles. The Morgan fingerprint density at radius 1 is 1.20 bits per heavy atom. The third-order valence-electron chi connectivity index (χ3n) is 3.39. The third kappa shape index (κ3) is 4.21. The summed E-state index contributed by atoms with van der Waals surface area (Å²) in [5.74, 6) is -0.394. The van der Waals surface area contributed by atoms with Gasteiger partial charge in [-0.1, -0.05) is 35.5 Å². The Bertz CT molecular complexity index is 831. The van der Waals surface area contributed by atoms with Gasteiger partial charge < -0.3 is 20.1 Å². The molecule has 3 rings (SSSR count). The zero-order chi connectivity index (χ0) is 18.2. The van der Waals surface area contributed by atoms with Crippen LogP contribution in [0.15, 0.2) is 53.2 Å². The van der Waals surface area contributed by atoms with Crippen LogP contribution in [0.1, 0.15) is 21.7 Å². The summed E-state index contributed by atoms with van der Waals surface area (Å²) in [5, 5.41) is 13.2. The molecular formula is C18H19N3O4. The first kappa shape index (κ1) is 18.2. The highest BCUT2D eigenvalue weighted by Crippen LogP contribution is 2.26.